The zero-order valence-corrected chi connectivity index (χ0v) is 11.2. The van der Waals surface area contributed by atoms with Gasteiger partial charge >= 0.3 is 0 Å². The first kappa shape index (κ1) is 12.9. The molecule has 0 bridgehead atoms. The Balaban J connectivity index is 2.30. The minimum Gasteiger partial charge on any atom is -0.455 e. The summed E-state index contributed by atoms with van der Waals surface area (Å²) in [4.78, 5) is 4.09. The van der Waals surface area contributed by atoms with E-state index in [1.807, 2.05) is 38.2 Å². The molecule has 0 saturated heterocycles. The number of aryl methyl sites for hydroxylation is 1. The second-order valence-corrected chi connectivity index (χ2v) is 4.46. The molecule has 4 heteroatoms. The van der Waals surface area contributed by atoms with E-state index in [2.05, 4.69) is 10.3 Å². The van der Waals surface area contributed by atoms with Gasteiger partial charge in [-0.2, -0.15) is 0 Å². The van der Waals surface area contributed by atoms with Crippen molar-refractivity contribution in [1.29, 1.82) is 0 Å². The monoisotopic (exact) mass is 262 g/mol. The van der Waals surface area contributed by atoms with Gasteiger partial charge in [-0.3, -0.25) is 4.98 Å². The van der Waals surface area contributed by atoms with E-state index >= 15 is 0 Å². The number of hydrogen-bond acceptors (Lipinski definition) is 3. The van der Waals surface area contributed by atoms with Crippen molar-refractivity contribution in [2.45, 2.75) is 13.5 Å². The Kier molecular flexibility index (Phi) is 4.18. The smallest absolute Gasteiger partial charge is 0.150 e. The summed E-state index contributed by atoms with van der Waals surface area (Å²) in [5.74, 6) is 1.50. The molecule has 0 saturated carbocycles. The molecule has 18 heavy (non-hydrogen) atoms. The number of halogens is 1. The van der Waals surface area contributed by atoms with E-state index in [1.165, 1.54) is 0 Å². The van der Waals surface area contributed by atoms with Crippen LogP contribution in [0.25, 0.3) is 0 Å². The van der Waals surface area contributed by atoms with Crippen LogP contribution >= 0.6 is 11.6 Å². The lowest BCUT2D eigenvalue weighted by Crippen LogP contribution is -2.06. The fraction of sp³-hybridized carbons (Fsp3) is 0.214. The minimum absolute atomic E-state index is 0.662. The number of ether oxygens (including phenoxy) is 1. The van der Waals surface area contributed by atoms with Gasteiger partial charge in [-0.1, -0.05) is 17.7 Å². The molecule has 1 N–H and O–H groups in total. The number of pyridine rings is 1. The molecule has 94 valence electrons. The molecule has 2 aromatic rings. The summed E-state index contributed by atoms with van der Waals surface area (Å²) in [5.41, 5.74) is 2.10. The van der Waals surface area contributed by atoms with Crippen LogP contribution in [0.2, 0.25) is 5.02 Å². The highest BCUT2D eigenvalue weighted by Crippen LogP contribution is 2.29. The molecule has 0 aliphatic heterocycles. The highest BCUT2D eigenvalue weighted by molar-refractivity contribution is 6.30. The maximum atomic E-state index is 5.98. The SMILES string of the molecule is CNCc1ccncc1Oc1cc(Cl)ccc1C. The van der Waals surface area contributed by atoms with Crippen molar-refractivity contribution < 1.29 is 4.74 Å². The van der Waals surface area contributed by atoms with Crippen molar-refractivity contribution in [2.24, 2.45) is 0 Å². The third-order valence-corrected chi connectivity index (χ3v) is 2.84. The summed E-state index contributed by atoms with van der Waals surface area (Å²) in [5, 5.41) is 3.76. The van der Waals surface area contributed by atoms with Crippen LogP contribution in [0.3, 0.4) is 0 Å². The quantitative estimate of drug-likeness (QED) is 0.915. The Morgan fingerprint density at radius 3 is 2.89 bits per heavy atom. The summed E-state index contributed by atoms with van der Waals surface area (Å²) >= 11 is 5.98. The summed E-state index contributed by atoms with van der Waals surface area (Å²) < 4.78 is 5.89. The molecule has 0 aliphatic carbocycles. The normalized spacial score (nSPS) is 10.4. The molecule has 0 amide bonds. The molecule has 1 aromatic heterocycles. The van der Waals surface area contributed by atoms with Crippen LogP contribution in [0, 0.1) is 6.92 Å². The average molecular weight is 263 g/mol. The second-order valence-electron chi connectivity index (χ2n) is 4.03. The van der Waals surface area contributed by atoms with Crippen LogP contribution in [0.1, 0.15) is 11.1 Å². The van der Waals surface area contributed by atoms with E-state index in [4.69, 9.17) is 16.3 Å². The van der Waals surface area contributed by atoms with Gasteiger partial charge in [0.2, 0.25) is 0 Å². The van der Waals surface area contributed by atoms with Crippen molar-refractivity contribution >= 4 is 11.6 Å². The third kappa shape index (κ3) is 3.00. The molecule has 0 radical (unpaired) electrons. The Bertz CT molecular complexity index is 543. The van der Waals surface area contributed by atoms with Crippen molar-refractivity contribution in [3.8, 4) is 11.5 Å². The van der Waals surface area contributed by atoms with Gasteiger partial charge in [0.05, 0.1) is 6.20 Å². The van der Waals surface area contributed by atoms with Gasteiger partial charge in [-0.05, 0) is 37.7 Å². The Labute approximate surface area is 112 Å². The fourth-order valence-electron chi connectivity index (χ4n) is 1.64. The van der Waals surface area contributed by atoms with Crippen molar-refractivity contribution in [3.05, 3.63) is 52.8 Å². The molecule has 0 unspecified atom stereocenters. The van der Waals surface area contributed by atoms with Crippen LogP contribution in [0.15, 0.2) is 36.7 Å². The van der Waals surface area contributed by atoms with E-state index in [1.54, 1.807) is 12.4 Å². The van der Waals surface area contributed by atoms with E-state index in [9.17, 15) is 0 Å². The van der Waals surface area contributed by atoms with Gasteiger partial charge in [0, 0.05) is 23.3 Å². The zero-order valence-electron chi connectivity index (χ0n) is 10.4. The number of hydrogen-bond donors (Lipinski definition) is 1. The lowest BCUT2D eigenvalue weighted by molar-refractivity contribution is 0.468. The molecular weight excluding hydrogens is 248 g/mol. The van der Waals surface area contributed by atoms with Gasteiger partial charge in [-0.15, -0.1) is 0 Å². The van der Waals surface area contributed by atoms with Crippen LogP contribution in [0.4, 0.5) is 0 Å². The number of aromatic nitrogens is 1. The molecule has 0 atom stereocenters. The predicted molar refractivity (Wildman–Crippen MR) is 73.3 cm³/mol. The van der Waals surface area contributed by atoms with Gasteiger partial charge in [0.1, 0.15) is 11.5 Å². The molecule has 0 fully saturated rings. The molecular formula is C14H15ClN2O. The third-order valence-electron chi connectivity index (χ3n) is 2.61. The van der Waals surface area contributed by atoms with Gasteiger partial charge in [0.15, 0.2) is 0 Å². The minimum atomic E-state index is 0.662. The highest BCUT2D eigenvalue weighted by Gasteiger charge is 2.07. The summed E-state index contributed by atoms with van der Waals surface area (Å²) in [6.45, 7) is 2.72. The topological polar surface area (TPSA) is 34.2 Å². The fourth-order valence-corrected chi connectivity index (χ4v) is 1.80. The van der Waals surface area contributed by atoms with Gasteiger partial charge in [-0.25, -0.2) is 0 Å². The van der Waals surface area contributed by atoms with E-state index < -0.39 is 0 Å². The predicted octanol–water partition coefficient (Wildman–Crippen LogP) is 3.56. The lowest BCUT2D eigenvalue weighted by Gasteiger charge is -2.12. The first-order valence-electron chi connectivity index (χ1n) is 5.72. The molecule has 2 rings (SSSR count). The second kappa shape index (κ2) is 5.85. The Hall–Kier alpha value is -1.58. The summed E-state index contributed by atoms with van der Waals surface area (Å²) in [6.07, 6.45) is 3.47. The van der Waals surface area contributed by atoms with E-state index in [0.717, 1.165) is 29.2 Å². The first-order chi connectivity index (χ1) is 8.70. The average Bonchev–Trinajstić information content (AvgIpc) is 2.36. The van der Waals surface area contributed by atoms with E-state index in [0.29, 0.717) is 5.02 Å². The first-order valence-corrected chi connectivity index (χ1v) is 6.10. The summed E-state index contributed by atoms with van der Waals surface area (Å²) in [6, 6.07) is 7.53. The maximum absolute atomic E-state index is 5.98. The summed E-state index contributed by atoms with van der Waals surface area (Å²) in [7, 11) is 1.90. The largest absolute Gasteiger partial charge is 0.455 e. The standard InChI is InChI=1S/C14H15ClN2O/c1-10-3-4-12(15)7-13(10)18-14-9-17-6-5-11(14)8-16-2/h3-7,9,16H,8H2,1-2H3. The van der Waals surface area contributed by atoms with Gasteiger partial charge < -0.3 is 10.1 Å². The molecule has 3 nitrogen and oxygen atoms in total. The van der Waals surface area contributed by atoms with Crippen molar-refractivity contribution in [3.63, 3.8) is 0 Å². The number of rotatable bonds is 4. The van der Waals surface area contributed by atoms with Crippen LogP contribution < -0.4 is 10.1 Å². The molecule has 1 heterocycles. The maximum Gasteiger partial charge on any atom is 0.150 e. The highest BCUT2D eigenvalue weighted by atomic mass is 35.5. The zero-order chi connectivity index (χ0) is 13.0. The molecule has 0 spiro atoms. The van der Waals surface area contributed by atoms with Crippen LogP contribution in [-0.4, -0.2) is 12.0 Å². The Morgan fingerprint density at radius 2 is 2.11 bits per heavy atom. The van der Waals surface area contributed by atoms with Crippen LogP contribution in [0.5, 0.6) is 11.5 Å². The lowest BCUT2D eigenvalue weighted by atomic mass is 10.2. The van der Waals surface area contributed by atoms with Crippen molar-refractivity contribution in [2.75, 3.05) is 7.05 Å². The van der Waals surface area contributed by atoms with Gasteiger partial charge in [0.25, 0.3) is 0 Å². The number of nitrogens with zero attached hydrogens (tertiary/aromatic N) is 1. The molecule has 0 aliphatic rings. The number of benzene rings is 1. The van der Waals surface area contributed by atoms with E-state index in [-0.39, 0.29) is 0 Å². The number of nitrogens with one attached hydrogen (secondary N) is 1. The van der Waals surface area contributed by atoms with Crippen molar-refractivity contribution in [1.82, 2.24) is 10.3 Å². The Morgan fingerprint density at radius 1 is 1.28 bits per heavy atom. The van der Waals surface area contributed by atoms with Crippen LogP contribution in [-0.2, 0) is 6.54 Å². The molecule has 1 aromatic carbocycles.